The molecule has 0 saturated heterocycles. The molecule has 0 bridgehead atoms. The van der Waals surface area contributed by atoms with Crippen molar-refractivity contribution in [3.8, 4) is 28.1 Å². The van der Waals surface area contributed by atoms with Crippen molar-refractivity contribution in [2.75, 3.05) is 4.90 Å². The lowest BCUT2D eigenvalue weighted by atomic mass is 9.91. The molecule has 0 spiro atoms. The van der Waals surface area contributed by atoms with E-state index in [4.69, 9.17) is 14.4 Å². The Morgan fingerprint density at radius 2 is 1.22 bits per heavy atom. The number of benzene rings is 7. The number of allylic oxidation sites excluding steroid dienone is 2. The van der Waals surface area contributed by atoms with Crippen LogP contribution in [-0.4, -0.2) is 20.6 Å². The van der Waals surface area contributed by atoms with Gasteiger partial charge in [-0.25, -0.2) is 9.97 Å². The molecule has 0 saturated carbocycles. The quantitative estimate of drug-likeness (QED) is 0.183. The first-order valence-electron chi connectivity index (χ1n) is 18.8. The van der Waals surface area contributed by atoms with E-state index in [0.29, 0.717) is 5.95 Å². The zero-order valence-corrected chi connectivity index (χ0v) is 29.7. The molecule has 0 fully saturated rings. The maximum absolute atomic E-state index is 6.46. The van der Waals surface area contributed by atoms with E-state index in [1.165, 1.54) is 27.5 Å². The number of rotatable bonds is 4. The summed E-state index contributed by atoms with van der Waals surface area (Å²) in [4.78, 5) is 13.3. The first-order chi connectivity index (χ1) is 27.3. The Morgan fingerprint density at radius 3 is 2.07 bits per heavy atom. The molecule has 55 heavy (non-hydrogen) atoms. The number of para-hydroxylation sites is 3. The highest BCUT2D eigenvalue weighted by Gasteiger charge is 2.41. The van der Waals surface area contributed by atoms with Gasteiger partial charge in [0.05, 0.1) is 34.0 Å². The van der Waals surface area contributed by atoms with Crippen LogP contribution in [0.3, 0.4) is 0 Å². The molecule has 0 radical (unpaired) electrons. The Bertz CT molecular complexity index is 3210. The van der Waals surface area contributed by atoms with Crippen LogP contribution in [0.1, 0.15) is 11.5 Å². The molecule has 5 nitrogen and oxygen atoms in total. The molecule has 2 aliphatic rings. The number of hydrogen-bond acceptors (Lipinski definition) is 4. The second-order valence-corrected chi connectivity index (χ2v) is 14.5. The van der Waals surface area contributed by atoms with Crippen LogP contribution in [0.4, 0.5) is 11.6 Å². The first-order valence-corrected chi connectivity index (χ1v) is 18.8. The lowest BCUT2D eigenvalue weighted by Gasteiger charge is -2.28. The van der Waals surface area contributed by atoms with Crippen LogP contribution in [0.15, 0.2) is 186 Å². The molecule has 1 aliphatic carbocycles. The molecule has 12 rings (SSSR count). The molecule has 4 heterocycles. The molecular weight excluding hydrogens is 673 g/mol. The maximum atomic E-state index is 6.46. The van der Waals surface area contributed by atoms with Gasteiger partial charge in [0.1, 0.15) is 11.2 Å². The van der Waals surface area contributed by atoms with E-state index in [-0.39, 0.29) is 12.0 Å². The van der Waals surface area contributed by atoms with Gasteiger partial charge in [0.2, 0.25) is 5.95 Å². The van der Waals surface area contributed by atoms with Crippen LogP contribution >= 0.6 is 0 Å². The minimum atomic E-state index is -0.00270. The zero-order chi connectivity index (χ0) is 36.0. The van der Waals surface area contributed by atoms with E-state index in [1.54, 1.807) is 0 Å². The van der Waals surface area contributed by atoms with Gasteiger partial charge in [-0.1, -0.05) is 146 Å². The van der Waals surface area contributed by atoms with Crippen molar-refractivity contribution in [3.63, 3.8) is 0 Å². The molecule has 1 aliphatic heterocycles. The zero-order valence-electron chi connectivity index (χ0n) is 29.7. The molecule has 258 valence electrons. The topological polar surface area (TPSA) is 47.1 Å². The Morgan fingerprint density at radius 1 is 0.509 bits per heavy atom. The minimum absolute atomic E-state index is 0.00270. The summed E-state index contributed by atoms with van der Waals surface area (Å²) in [5.74, 6) is 0.816. The average Bonchev–Trinajstić information content (AvgIpc) is 3.91. The van der Waals surface area contributed by atoms with Crippen LogP contribution < -0.4 is 4.90 Å². The summed E-state index contributed by atoms with van der Waals surface area (Å²) in [6, 6.07) is 55.7. The van der Waals surface area contributed by atoms with Crippen molar-refractivity contribution in [2.24, 2.45) is 0 Å². The standard InChI is InChI=1S/C50H32N4O/c1-3-13-31(14-4-1)32-23-25-33(26-24-32)47-37-18-7-10-20-40(37)51-50(52-47)54-41-21-11-8-17-35(41)36-27-28-39-45-42(53(49(39)48(36)54)34-15-5-2-6-16-34)29-30-44-46(45)38-19-9-12-22-43(38)55-44/h1-30,35,41H. The SMILES string of the molecule is C1=CC2c3ccc4c5c6c(ccc5n(-c5ccccc5)c4c3N(c3nc(-c4ccc(-c5ccccc5)cc4)c4ccccc4n3)C2C=C1)oc1ccccc16. The highest BCUT2D eigenvalue weighted by atomic mass is 16.3. The molecular formula is C50H32N4O. The van der Waals surface area contributed by atoms with Gasteiger partial charge in [0.15, 0.2) is 0 Å². The van der Waals surface area contributed by atoms with Crippen LogP contribution in [0.25, 0.3) is 82.7 Å². The van der Waals surface area contributed by atoms with Crippen molar-refractivity contribution >= 4 is 66.3 Å². The number of hydrogen-bond donors (Lipinski definition) is 0. The third-order valence-corrected chi connectivity index (χ3v) is 11.5. The molecule has 10 aromatic rings. The smallest absolute Gasteiger partial charge is 0.231 e. The second kappa shape index (κ2) is 11.6. The van der Waals surface area contributed by atoms with Gasteiger partial charge in [0.25, 0.3) is 0 Å². The van der Waals surface area contributed by atoms with Crippen molar-refractivity contribution in [3.05, 3.63) is 188 Å². The average molecular weight is 705 g/mol. The molecule has 2 unspecified atom stereocenters. The monoisotopic (exact) mass is 704 g/mol. The van der Waals surface area contributed by atoms with E-state index in [9.17, 15) is 0 Å². The number of furan rings is 1. The molecule has 3 aromatic heterocycles. The number of aromatic nitrogens is 3. The summed E-state index contributed by atoms with van der Waals surface area (Å²) in [7, 11) is 0. The summed E-state index contributed by atoms with van der Waals surface area (Å²) in [6.07, 6.45) is 8.97. The van der Waals surface area contributed by atoms with Gasteiger partial charge in [-0.15, -0.1) is 0 Å². The Hall–Kier alpha value is -7.24. The second-order valence-electron chi connectivity index (χ2n) is 14.5. The van der Waals surface area contributed by atoms with Crippen LogP contribution in [-0.2, 0) is 0 Å². The first kappa shape index (κ1) is 30.2. The molecule has 7 aromatic carbocycles. The van der Waals surface area contributed by atoms with Gasteiger partial charge < -0.3 is 13.9 Å². The fraction of sp³-hybridized carbons (Fsp3) is 0.0400. The molecule has 2 atom stereocenters. The van der Waals surface area contributed by atoms with E-state index < -0.39 is 0 Å². The van der Waals surface area contributed by atoms with Crippen molar-refractivity contribution in [2.45, 2.75) is 12.0 Å². The summed E-state index contributed by atoms with van der Waals surface area (Å²) in [6.45, 7) is 0. The Balaban J connectivity index is 1.16. The van der Waals surface area contributed by atoms with Gasteiger partial charge in [-0.05, 0) is 53.1 Å². The predicted molar refractivity (Wildman–Crippen MR) is 225 cm³/mol. The number of nitrogens with zero attached hydrogens (tertiary/aromatic N) is 4. The van der Waals surface area contributed by atoms with E-state index in [2.05, 4.69) is 185 Å². The summed E-state index contributed by atoms with van der Waals surface area (Å²) in [5.41, 5.74) is 12.8. The summed E-state index contributed by atoms with van der Waals surface area (Å²) < 4.78 is 8.89. The molecule has 0 amide bonds. The van der Waals surface area contributed by atoms with Gasteiger partial charge in [0, 0.05) is 44.1 Å². The van der Waals surface area contributed by atoms with Crippen LogP contribution in [0.2, 0.25) is 0 Å². The van der Waals surface area contributed by atoms with E-state index >= 15 is 0 Å². The third kappa shape index (κ3) is 4.41. The van der Waals surface area contributed by atoms with Crippen molar-refractivity contribution in [1.82, 2.24) is 14.5 Å². The number of fused-ring (bicyclic) bond motifs is 12. The Kier molecular flexibility index (Phi) is 6.39. The minimum Gasteiger partial charge on any atom is -0.456 e. The van der Waals surface area contributed by atoms with Crippen LogP contribution in [0.5, 0.6) is 0 Å². The van der Waals surface area contributed by atoms with E-state index in [1.807, 2.05) is 6.07 Å². The van der Waals surface area contributed by atoms with Crippen molar-refractivity contribution in [1.29, 1.82) is 0 Å². The highest BCUT2D eigenvalue weighted by Crippen LogP contribution is 2.53. The summed E-state index contributed by atoms with van der Waals surface area (Å²) in [5, 5.41) is 5.64. The third-order valence-electron chi connectivity index (χ3n) is 11.5. The number of anilines is 2. The largest absolute Gasteiger partial charge is 0.456 e. The Labute approximate surface area is 316 Å². The van der Waals surface area contributed by atoms with Gasteiger partial charge >= 0.3 is 0 Å². The lowest BCUT2D eigenvalue weighted by molar-refractivity contribution is 0.669. The molecule has 5 heteroatoms. The highest BCUT2D eigenvalue weighted by molar-refractivity contribution is 6.29. The van der Waals surface area contributed by atoms with Gasteiger partial charge in [-0.3, -0.25) is 0 Å². The van der Waals surface area contributed by atoms with Gasteiger partial charge in [-0.2, -0.15) is 0 Å². The normalized spacial score (nSPS) is 16.2. The fourth-order valence-corrected chi connectivity index (χ4v) is 9.13. The van der Waals surface area contributed by atoms with Crippen LogP contribution in [0, 0.1) is 0 Å². The lowest BCUT2D eigenvalue weighted by Crippen LogP contribution is -2.30. The summed E-state index contributed by atoms with van der Waals surface area (Å²) >= 11 is 0. The molecule has 0 N–H and O–H groups in total. The maximum Gasteiger partial charge on any atom is 0.231 e. The predicted octanol–water partition coefficient (Wildman–Crippen LogP) is 12.7. The van der Waals surface area contributed by atoms with Crippen molar-refractivity contribution < 1.29 is 4.42 Å². The fourth-order valence-electron chi connectivity index (χ4n) is 9.13. The van der Waals surface area contributed by atoms with E-state index in [0.717, 1.165) is 66.5 Å².